The number of aromatic nitrogens is 2. The van der Waals surface area contributed by atoms with E-state index in [0.717, 1.165) is 16.6 Å². The summed E-state index contributed by atoms with van der Waals surface area (Å²) in [6.45, 7) is 3.48. The summed E-state index contributed by atoms with van der Waals surface area (Å²) in [6, 6.07) is 5.41. The molecule has 0 amide bonds. The maximum Gasteiger partial charge on any atom is 0.317 e. The summed E-state index contributed by atoms with van der Waals surface area (Å²) in [6.07, 6.45) is -3.97. The Labute approximate surface area is 149 Å². The topological polar surface area (TPSA) is 125 Å². The highest BCUT2D eigenvalue weighted by Crippen LogP contribution is 2.36. The largest absolute Gasteiger partial charge is 0.394 e. The minimum absolute atomic E-state index is 0.167. The van der Waals surface area contributed by atoms with Gasteiger partial charge in [0.15, 0.2) is 0 Å². The molecule has 0 saturated heterocycles. The van der Waals surface area contributed by atoms with Gasteiger partial charge in [-0.25, -0.2) is 0 Å². The van der Waals surface area contributed by atoms with Crippen molar-refractivity contribution in [2.45, 2.75) is 57.1 Å². The number of hydrogen-bond donors (Lipinski definition) is 4. The average molecular weight is 364 g/mol. The molecule has 1 aromatic carbocycles. The van der Waals surface area contributed by atoms with E-state index in [1.54, 1.807) is 12.1 Å². The van der Waals surface area contributed by atoms with Gasteiger partial charge in [-0.2, -0.15) is 0 Å². The lowest BCUT2D eigenvalue weighted by Gasteiger charge is -2.33. The van der Waals surface area contributed by atoms with Crippen LogP contribution in [0.2, 0.25) is 0 Å². The third-order valence-electron chi connectivity index (χ3n) is 5.28. The Bertz CT molecular complexity index is 945. The lowest BCUT2D eigenvalue weighted by Crippen LogP contribution is -2.48. The zero-order chi connectivity index (χ0) is 19.2. The van der Waals surface area contributed by atoms with Gasteiger partial charge in [0, 0.05) is 6.54 Å². The predicted octanol–water partition coefficient (Wildman–Crippen LogP) is -1.08. The lowest BCUT2D eigenvalue weighted by atomic mass is 9.78. The molecule has 8 heteroatoms. The summed E-state index contributed by atoms with van der Waals surface area (Å²) in [4.78, 5) is 25.2. The van der Waals surface area contributed by atoms with Crippen LogP contribution in [-0.2, 0) is 18.5 Å². The number of rotatable bonds is 5. The highest BCUT2D eigenvalue weighted by molar-refractivity contribution is 5.81. The second kappa shape index (κ2) is 6.62. The SMILES string of the molecule is CC1(C)CCn2c(=O)c(=O)n(C[C@H](O)[C@H](O)[C@H](O)CO)c3cccc1c32. The summed E-state index contributed by atoms with van der Waals surface area (Å²) in [5.41, 5.74) is 0.447. The van der Waals surface area contributed by atoms with Crippen LogP contribution >= 0.6 is 0 Å². The van der Waals surface area contributed by atoms with E-state index in [9.17, 15) is 24.9 Å². The molecule has 26 heavy (non-hydrogen) atoms. The van der Waals surface area contributed by atoms with Gasteiger partial charge in [0.25, 0.3) is 0 Å². The van der Waals surface area contributed by atoms with Crippen molar-refractivity contribution in [2.75, 3.05) is 6.61 Å². The second-order valence-electron chi connectivity index (χ2n) is 7.49. The van der Waals surface area contributed by atoms with E-state index >= 15 is 0 Å². The molecule has 1 aliphatic heterocycles. The molecule has 0 spiro atoms. The highest BCUT2D eigenvalue weighted by Gasteiger charge is 2.31. The zero-order valence-corrected chi connectivity index (χ0v) is 14.8. The van der Waals surface area contributed by atoms with Crippen molar-refractivity contribution in [3.05, 3.63) is 44.5 Å². The monoisotopic (exact) mass is 364 g/mol. The van der Waals surface area contributed by atoms with E-state index in [4.69, 9.17) is 5.11 Å². The second-order valence-corrected chi connectivity index (χ2v) is 7.49. The summed E-state index contributed by atoms with van der Waals surface area (Å²) in [5.74, 6) is 0. The highest BCUT2D eigenvalue weighted by atomic mass is 16.4. The molecule has 142 valence electrons. The lowest BCUT2D eigenvalue weighted by molar-refractivity contribution is -0.0805. The summed E-state index contributed by atoms with van der Waals surface area (Å²) >= 11 is 0. The molecule has 2 aromatic rings. The molecule has 8 nitrogen and oxygen atoms in total. The molecular formula is C18H24N2O6. The van der Waals surface area contributed by atoms with Gasteiger partial charge in [0.1, 0.15) is 18.3 Å². The van der Waals surface area contributed by atoms with Crippen molar-refractivity contribution < 1.29 is 20.4 Å². The fourth-order valence-corrected chi connectivity index (χ4v) is 3.60. The molecule has 1 aromatic heterocycles. The van der Waals surface area contributed by atoms with Gasteiger partial charge in [0.2, 0.25) is 0 Å². The first-order valence-electron chi connectivity index (χ1n) is 8.61. The standard InChI is InChI=1S/C18H24N2O6/c1-18(2)6-7-19-14-10(18)4-3-5-11(14)20(17(26)16(19)25)8-12(22)15(24)13(23)9-21/h3-5,12-13,15,21-24H,6-9H2,1-2H3/t12-,13+,15-/m0/s1. The van der Waals surface area contributed by atoms with E-state index < -0.39 is 36.0 Å². The van der Waals surface area contributed by atoms with Crippen molar-refractivity contribution in [3.63, 3.8) is 0 Å². The quantitative estimate of drug-likeness (QED) is 0.500. The molecule has 0 aliphatic carbocycles. The minimum Gasteiger partial charge on any atom is -0.394 e. The van der Waals surface area contributed by atoms with Gasteiger partial charge in [-0.3, -0.25) is 14.2 Å². The number of para-hydroxylation sites is 1. The van der Waals surface area contributed by atoms with Crippen LogP contribution in [0.5, 0.6) is 0 Å². The fraction of sp³-hybridized carbons (Fsp3) is 0.556. The third-order valence-corrected chi connectivity index (χ3v) is 5.28. The Balaban J connectivity index is 2.20. The van der Waals surface area contributed by atoms with Crippen LogP contribution in [0.25, 0.3) is 11.0 Å². The summed E-state index contributed by atoms with van der Waals surface area (Å²) in [7, 11) is 0. The molecule has 0 fully saturated rings. The van der Waals surface area contributed by atoms with Crippen LogP contribution < -0.4 is 11.1 Å². The van der Waals surface area contributed by atoms with Crippen molar-refractivity contribution in [1.29, 1.82) is 0 Å². The van der Waals surface area contributed by atoms with E-state index in [-0.39, 0.29) is 12.0 Å². The Morgan fingerprint density at radius 3 is 2.46 bits per heavy atom. The maximum absolute atomic E-state index is 12.6. The van der Waals surface area contributed by atoms with Crippen LogP contribution in [0.4, 0.5) is 0 Å². The molecule has 0 bridgehead atoms. The number of nitrogens with zero attached hydrogens (tertiary/aromatic N) is 2. The van der Waals surface area contributed by atoms with Crippen LogP contribution in [0.15, 0.2) is 27.8 Å². The number of hydrogen-bond acceptors (Lipinski definition) is 6. The van der Waals surface area contributed by atoms with Crippen molar-refractivity contribution in [1.82, 2.24) is 9.13 Å². The van der Waals surface area contributed by atoms with Gasteiger partial charge in [-0.05, 0) is 23.5 Å². The summed E-state index contributed by atoms with van der Waals surface area (Å²) in [5, 5.41) is 38.5. The molecule has 4 N–H and O–H groups in total. The Hall–Kier alpha value is -2.00. The number of aryl methyl sites for hydroxylation is 1. The normalized spacial score (nSPS) is 19.3. The van der Waals surface area contributed by atoms with Crippen molar-refractivity contribution in [2.24, 2.45) is 0 Å². The van der Waals surface area contributed by atoms with E-state index in [2.05, 4.69) is 13.8 Å². The summed E-state index contributed by atoms with van der Waals surface area (Å²) < 4.78 is 2.61. The average Bonchev–Trinajstić information content (AvgIpc) is 2.62. The van der Waals surface area contributed by atoms with E-state index in [1.807, 2.05) is 6.07 Å². The van der Waals surface area contributed by atoms with Crippen LogP contribution in [0.1, 0.15) is 25.8 Å². The molecule has 3 rings (SSSR count). The molecule has 1 aliphatic rings. The zero-order valence-electron chi connectivity index (χ0n) is 14.8. The van der Waals surface area contributed by atoms with Crippen LogP contribution in [0.3, 0.4) is 0 Å². The van der Waals surface area contributed by atoms with Gasteiger partial charge < -0.3 is 25.0 Å². The third kappa shape index (κ3) is 2.88. The van der Waals surface area contributed by atoms with Crippen LogP contribution in [0, 0.1) is 0 Å². The van der Waals surface area contributed by atoms with Crippen molar-refractivity contribution in [3.8, 4) is 0 Å². The number of aliphatic hydroxyl groups is 4. The predicted molar refractivity (Wildman–Crippen MR) is 95.2 cm³/mol. The molecule has 0 unspecified atom stereocenters. The molecular weight excluding hydrogens is 340 g/mol. The molecule has 0 radical (unpaired) electrons. The number of benzene rings is 1. The molecule has 2 heterocycles. The number of aliphatic hydroxyl groups excluding tert-OH is 4. The van der Waals surface area contributed by atoms with Gasteiger partial charge in [-0.1, -0.05) is 26.0 Å². The molecule has 3 atom stereocenters. The first kappa shape index (κ1) is 18.8. The van der Waals surface area contributed by atoms with Crippen LogP contribution in [-0.4, -0.2) is 54.5 Å². The fourth-order valence-electron chi connectivity index (χ4n) is 3.60. The van der Waals surface area contributed by atoms with Gasteiger partial charge in [-0.15, -0.1) is 0 Å². The van der Waals surface area contributed by atoms with E-state index in [1.165, 1.54) is 4.57 Å². The molecule has 0 saturated carbocycles. The first-order chi connectivity index (χ1) is 12.2. The van der Waals surface area contributed by atoms with Crippen molar-refractivity contribution >= 4 is 11.0 Å². The maximum atomic E-state index is 12.6. The first-order valence-corrected chi connectivity index (χ1v) is 8.61. The Morgan fingerprint density at radius 2 is 1.81 bits per heavy atom. The Kier molecular flexibility index (Phi) is 4.78. The van der Waals surface area contributed by atoms with E-state index in [0.29, 0.717) is 17.6 Å². The van der Waals surface area contributed by atoms with Gasteiger partial charge in [0.05, 0.1) is 24.2 Å². The smallest absolute Gasteiger partial charge is 0.317 e. The minimum atomic E-state index is -1.64. The van der Waals surface area contributed by atoms with Gasteiger partial charge >= 0.3 is 11.1 Å². The Morgan fingerprint density at radius 1 is 1.12 bits per heavy atom.